The number of sulfonamides is 1. The lowest BCUT2D eigenvalue weighted by Gasteiger charge is -2.41. The van der Waals surface area contributed by atoms with Gasteiger partial charge >= 0.3 is 0 Å². The zero-order chi connectivity index (χ0) is 22.8. The molecule has 3 aromatic rings. The summed E-state index contributed by atoms with van der Waals surface area (Å²) in [5.74, 6) is 1.31. The molecule has 8 heteroatoms. The van der Waals surface area contributed by atoms with Crippen LogP contribution in [0.2, 0.25) is 5.02 Å². The monoisotopic (exact) mass is 484 g/mol. The van der Waals surface area contributed by atoms with Crippen LogP contribution in [0.3, 0.4) is 0 Å². The zero-order valence-electron chi connectivity index (χ0n) is 18.1. The van der Waals surface area contributed by atoms with Crippen molar-refractivity contribution in [3.05, 3.63) is 83.4 Å². The van der Waals surface area contributed by atoms with E-state index in [9.17, 15) is 8.42 Å². The van der Waals surface area contributed by atoms with Crippen molar-refractivity contribution >= 4 is 27.3 Å². The average molecular weight is 485 g/mol. The number of hydrogen-bond donors (Lipinski definition) is 0. The van der Waals surface area contributed by atoms with Gasteiger partial charge in [-0.3, -0.25) is 0 Å². The van der Waals surface area contributed by atoms with Gasteiger partial charge in [0.25, 0.3) is 0 Å². The molecule has 0 spiro atoms. The molecule has 5 rings (SSSR count). The highest BCUT2D eigenvalue weighted by Gasteiger charge is 2.33. The minimum absolute atomic E-state index is 0.221. The molecule has 2 aliphatic heterocycles. The molecule has 0 saturated carbocycles. The molecule has 33 heavy (non-hydrogen) atoms. The highest BCUT2D eigenvalue weighted by atomic mass is 35.5. The molecule has 0 unspecified atom stereocenters. The van der Waals surface area contributed by atoms with Gasteiger partial charge in [-0.1, -0.05) is 29.8 Å². The van der Waals surface area contributed by atoms with Crippen LogP contribution in [0, 0.1) is 0 Å². The molecule has 0 amide bonds. The van der Waals surface area contributed by atoms with Crippen LogP contribution in [0.4, 0.5) is 5.69 Å². The molecule has 1 saturated heterocycles. The van der Waals surface area contributed by atoms with Crippen LogP contribution in [0.25, 0.3) is 0 Å². The number of halogens is 1. The van der Waals surface area contributed by atoms with Gasteiger partial charge in [-0.2, -0.15) is 4.31 Å². The number of piperidine rings is 1. The van der Waals surface area contributed by atoms with Crippen molar-refractivity contribution in [3.63, 3.8) is 0 Å². The van der Waals surface area contributed by atoms with Crippen molar-refractivity contribution in [1.29, 1.82) is 0 Å². The van der Waals surface area contributed by atoms with E-state index in [1.54, 1.807) is 28.6 Å². The maximum Gasteiger partial charge on any atom is 0.243 e. The molecule has 2 aliphatic rings. The molecular formula is C25H25ClN2O4S. The van der Waals surface area contributed by atoms with Crippen LogP contribution in [-0.4, -0.2) is 38.6 Å². The molecule has 0 N–H and O–H groups in total. The van der Waals surface area contributed by atoms with Gasteiger partial charge in [-0.15, -0.1) is 0 Å². The third-order valence-corrected chi connectivity index (χ3v) is 8.29. The zero-order valence-corrected chi connectivity index (χ0v) is 19.6. The predicted molar refractivity (Wildman–Crippen MR) is 128 cm³/mol. The number of ether oxygens (including phenoxy) is 2. The molecule has 172 valence electrons. The van der Waals surface area contributed by atoms with E-state index in [4.69, 9.17) is 21.1 Å². The lowest BCUT2D eigenvalue weighted by Crippen LogP contribution is -2.48. The summed E-state index contributed by atoms with van der Waals surface area (Å²) in [6.45, 7) is 1.99. The Morgan fingerprint density at radius 1 is 0.909 bits per heavy atom. The van der Waals surface area contributed by atoms with E-state index in [-0.39, 0.29) is 10.9 Å². The van der Waals surface area contributed by atoms with Gasteiger partial charge in [-0.05, 0) is 67.4 Å². The lowest BCUT2D eigenvalue weighted by atomic mass is 10.0. The maximum absolute atomic E-state index is 13.2. The van der Waals surface area contributed by atoms with Crippen LogP contribution in [0.5, 0.6) is 11.5 Å². The highest BCUT2D eigenvalue weighted by molar-refractivity contribution is 7.89. The van der Waals surface area contributed by atoms with Gasteiger partial charge in [0.15, 0.2) is 0 Å². The fourth-order valence-corrected chi connectivity index (χ4v) is 6.09. The second kappa shape index (κ2) is 9.35. The molecular weight excluding hydrogens is 460 g/mol. The van der Waals surface area contributed by atoms with Gasteiger partial charge in [0.05, 0.1) is 11.5 Å². The van der Waals surface area contributed by atoms with Gasteiger partial charge in [0.1, 0.15) is 18.2 Å². The van der Waals surface area contributed by atoms with Crippen LogP contribution in [-0.2, 0) is 21.4 Å². The summed E-state index contributed by atoms with van der Waals surface area (Å²) in [6, 6.07) is 22.1. The predicted octanol–water partition coefficient (Wildman–Crippen LogP) is 5.28. The fraction of sp³-hybridized carbons (Fsp3) is 0.280. The van der Waals surface area contributed by atoms with E-state index in [2.05, 4.69) is 4.90 Å². The van der Waals surface area contributed by atoms with Crippen molar-refractivity contribution in [2.24, 2.45) is 0 Å². The number of hydrogen-bond acceptors (Lipinski definition) is 5. The first kappa shape index (κ1) is 22.2. The summed E-state index contributed by atoms with van der Waals surface area (Å²) >= 11 is 6.13. The standard InChI is InChI=1S/C25H25ClN2O4S/c26-20-6-11-25-19(16-20)17-31-18-28(25)21-12-14-27(15-13-21)33(29,30)24-9-7-23(8-10-24)32-22-4-2-1-3-5-22/h1-11,16,21H,12-15,17-18H2. The highest BCUT2D eigenvalue weighted by Crippen LogP contribution is 2.33. The Bertz CT molecular complexity index is 1210. The summed E-state index contributed by atoms with van der Waals surface area (Å²) in [5.41, 5.74) is 2.20. The second-order valence-corrected chi connectivity index (χ2v) is 10.6. The third-order valence-electron chi connectivity index (χ3n) is 6.14. The molecule has 1 fully saturated rings. The van der Waals surface area contributed by atoms with Gasteiger partial charge in [0.2, 0.25) is 10.0 Å². The van der Waals surface area contributed by atoms with Crippen LogP contribution in [0.15, 0.2) is 77.7 Å². The SMILES string of the molecule is O=S(=O)(c1ccc(Oc2ccccc2)cc1)N1CCC(N2COCc3cc(Cl)ccc32)CC1. The van der Waals surface area contributed by atoms with Crippen LogP contribution >= 0.6 is 11.6 Å². The molecule has 0 bridgehead atoms. The van der Waals surface area contributed by atoms with Crippen LogP contribution in [0.1, 0.15) is 18.4 Å². The Labute approximate surface area is 199 Å². The Morgan fingerprint density at radius 2 is 1.61 bits per heavy atom. The van der Waals surface area contributed by atoms with Crippen molar-refractivity contribution in [1.82, 2.24) is 4.31 Å². The van der Waals surface area contributed by atoms with E-state index in [1.165, 1.54) is 0 Å². The molecule has 0 radical (unpaired) electrons. The second-order valence-electron chi connectivity index (χ2n) is 8.24. The summed E-state index contributed by atoms with van der Waals surface area (Å²) in [6.07, 6.45) is 1.47. The largest absolute Gasteiger partial charge is 0.457 e. The summed E-state index contributed by atoms with van der Waals surface area (Å²) < 4.78 is 39.5. The Hall–Kier alpha value is -2.58. The normalized spacial score (nSPS) is 17.5. The first-order valence-corrected chi connectivity index (χ1v) is 12.8. The first-order valence-electron chi connectivity index (χ1n) is 11.0. The number of fused-ring (bicyclic) bond motifs is 1. The molecule has 0 atom stereocenters. The number of nitrogens with zero attached hydrogens (tertiary/aromatic N) is 2. The molecule has 0 aromatic heterocycles. The number of rotatable bonds is 5. The van der Waals surface area contributed by atoms with Gasteiger partial charge < -0.3 is 14.4 Å². The topological polar surface area (TPSA) is 59.1 Å². The number of para-hydroxylation sites is 1. The van der Waals surface area contributed by atoms with E-state index >= 15 is 0 Å². The van der Waals surface area contributed by atoms with Crippen LogP contribution < -0.4 is 9.64 Å². The molecule has 0 aliphatic carbocycles. The number of benzene rings is 3. The molecule has 2 heterocycles. The minimum Gasteiger partial charge on any atom is -0.457 e. The van der Waals surface area contributed by atoms with Gasteiger partial charge in [0, 0.05) is 35.4 Å². The Balaban J connectivity index is 1.24. The van der Waals surface area contributed by atoms with Crippen molar-refractivity contribution < 1.29 is 17.9 Å². The Kier molecular flexibility index (Phi) is 6.29. The molecule has 3 aromatic carbocycles. The first-order chi connectivity index (χ1) is 16.0. The Morgan fingerprint density at radius 3 is 2.33 bits per heavy atom. The fourth-order valence-electron chi connectivity index (χ4n) is 4.42. The summed E-state index contributed by atoms with van der Waals surface area (Å²) in [5, 5.41) is 0.695. The van der Waals surface area contributed by atoms with Crippen molar-refractivity contribution in [2.45, 2.75) is 30.4 Å². The van der Waals surface area contributed by atoms with Gasteiger partial charge in [-0.25, -0.2) is 8.42 Å². The smallest absolute Gasteiger partial charge is 0.243 e. The summed E-state index contributed by atoms with van der Waals surface area (Å²) in [7, 11) is -3.56. The van der Waals surface area contributed by atoms with Crippen molar-refractivity contribution in [3.8, 4) is 11.5 Å². The third kappa shape index (κ3) is 4.73. The van der Waals surface area contributed by atoms with E-state index in [1.807, 2.05) is 48.5 Å². The summed E-state index contributed by atoms with van der Waals surface area (Å²) in [4.78, 5) is 2.51. The van der Waals surface area contributed by atoms with Crippen molar-refractivity contribution in [2.75, 3.05) is 24.7 Å². The maximum atomic E-state index is 13.2. The average Bonchev–Trinajstić information content (AvgIpc) is 2.84. The molecule has 6 nitrogen and oxygen atoms in total. The quantitative estimate of drug-likeness (QED) is 0.493. The lowest BCUT2D eigenvalue weighted by molar-refractivity contribution is 0.0988. The minimum atomic E-state index is -3.56. The van der Waals surface area contributed by atoms with E-state index in [0.717, 1.165) is 24.1 Å². The van der Waals surface area contributed by atoms with E-state index in [0.29, 0.717) is 42.9 Å². The van der Waals surface area contributed by atoms with E-state index < -0.39 is 10.0 Å². The number of anilines is 1.